The fraction of sp³-hybridized carbons (Fsp3) is 0. The average molecular weight is 885 g/mol. The molecule has 0 aliphatic heterocycles. The molecule has 0 amide bonds. The van der Waals surface area contributed by atoms with Crippen molar-refractivity contribution >= 4 is 81.5 Å². The van der Waals surface area contributed by atoms with Crippen molar-refractivity contribution in [1.29, 1.82) is 0 Å². The Bertz CT molecular complexity index is 2230. The molecule has 0 fully saturated rings. The van der Waals surface area contributed by atoms with Crippen LogP contribution >= 0.6 is 0 Å². The molecule has 1 radical (unpaired) electrons. The van der Waals surface area contributed by atoms with Crippen LogP contribution in [0.15, 0.2) is 121 Å². The number of benzene rings is 6. The number of fused-ring (bicyclic) bond motifs is 3. The minimum absolute atomic E-state index is 0. The first-order chi connectivity index (χ1) is 22.9. The summed E-state index contributed by atoms with van der Waals surface area (Å²) in [6.45, 7) is 0. The number of hydrogen-bond acceptors (Lipinski definition) is 21. The Morgan fingerprint density at radius 2 is 0.600 bits per heavy atom. The molecule has 6 rings (SSSR count). The van der Waals surface area contributed by atoms with E-state index in [0.29, 0.717) is 32.3 Å². The maximum Gasteiger partial charge on any atom is 3.00 e. The molecular formula is C30H21FeN3Na3O15S3. The summed E-state index contributed by atoms with van der Waals surface area (Å²) in [7, 11) is -6.96. The smallest absolute Gasteiger partial charge is 0.870 e. The molecule has 6 aromatic carbocycles. The van der Waals surface area contributed by atoms with Crippen molar-refractivity contribution in [3.8, 4) is 17.2 Å². The minimum atomic E-state index is -2.32. The first kappa shape index (κ1) is 59.2. The van der Waals surface area contributed by atoms with Gasteiger partial charge >= 0.3 is 106 Å². The molecule has 0 aliphatic rings. The van der Waals surface area contributed by atoms with Gasteiger partial charge in [-0.1, -0.05) is 87.5 Å². The second-order valence-electron chi connectivity index (χ2n) is 9.43. The van der Waals surface area contributed by atoms with Crippen LogP contribution in [-0.4, -0.2) is 31.7 Å². The van der Waals surface area contributed by atoms with E-state index in [-0.39, 0.29) is 171 Å². The van der Waals surface area contributed by atoms with Gasteiger partial charge in [0.25, 0.3) is 0 Å². The summed E-state index contributed by atoms with van der Waals surface area (Å²) >= 11 is 0. The molecule has 25 heteroatoms. The molecule has 0 atom stereocenters. The monoisotopic (exact) mass is 884 g/mol. The number of phenolic OH excluding ortho intramolecular Hbond substituents is 3. The zero-order valence-corrected chi connectivity index (χ0v) is 38.0. The molecule has 0 heterocycles. The van der Waals surface area contributed by atoms with Crippen LogP contribution in [0.25, 0.3) is 32.3 Å². The van der Waals surface area contributed by atoms with Crippen LogP contribution in [0.5, 0.6) is 17.2 Å². The topological polar surface area (TPSA) is 341 Å². The SMILES string of the molecule is O=Nc1c(O)ccc2cc([S-](=O)=O)ccc12.O=Nc1c(O)ccc2cc([S-](=O)=O)ccc12.O=Nc1c(O)ccc2cc([S-](=O)=O)ccc12.[Fe+3].[Na+].[Na+].[Na+].[OH-].[OH-].[OH-]. The summed E-state index contributed by atoms with van der Waals surface area (Å²) < 4.78 is 64.4. The Labute approximate surface area is 392 Å². The van der Waals surface area contributed by atoms with Gasteiger partial charge in [-0.25, -0.2) is 0 Å². The molecule has 55 heavy (non-hydrogen) atoms. The van der Waals surface area contributed by atoms with Crippen LogP contribution in [-0.2, 0) is 74.4 Å². The predicted molar refractivity (Wildman–Crippen MR) is 180 cm³/mol. The second kappa shape index (κ2) is 27.2. The van der Waals surface area contributed by atoms with Crippen molar-refractivity contribution < 1.29 is 163 Å². The van der Waals surface area contributed by atoms with Gasteiger partial charge in [0.1, 0.15) is 17.2 Å². The van der Waals surface area contributed by atoms with Crippen molar-refractivity contribution in [2.75, 3.05) is 0 Å². The molecule has 0 bridgehead atoms. The van der Waals surface area contributed by atoms with Crippen molar-refractivity contribution in [2.24, 2.45) is 15.5 Å². The molecular weight excluding hydrogens is 863 g/mol. The van der Waals surface area contributed by atoms with E-state index in [2.05, 4.69) is 15.5 Å². The van der Waals surface area contributed by atoms with Crippen LogP contribution in [0.3, 0.4) is 0 Å². The van der Waals surface area contributed by atoms with Crippen LogP contribution < -0.4 is 88.7 Å². The molecule has 0 spiro atoms. The van der Waals surface area contributed by atoms with Crippen molar-refractivity contribution in [2.45, 2.75) is 14.7 Å². The van der Waals surface area contributed by atoms with Gasteiger partial charge in [-0.2, -0.15) is 0 Å². The summed E-state index contributed by atoms with van der Waals surface area (Å²) in [5.74, 6) is -0.671. The quantitative estimate of drug-likeness (QED) is 0.0955. The fourth-order valence-electron chi connectivity index (χ4n) is 4.44. The molecule has 275 valence electrons. The maximum absolute atomic E-state index is 10.7. The van der Waals surface area contributed by atoms with E-state index in [1.54, 1.807) is 0 Å². The molecule has 0 aliphatic carbocycles. The Hall–Kier alpha value is -2.45. The van der Waals surface area contributed by atoms with Crippen LogP contribution in [0.2, 0.25) is 0 Å². The standard InChI is InChI=1S/3C10H6NO4S.Fe.3Na.3H2O/c3*12-9-4-1-6-5-7(16(14)15)2-3-8(6)10(9)11-13;;;;;;;/h3*1-5,12H;;;;;3*1H2/q3*-1;+3;3*+1;;;/p-3. The van der Waals surface area contributed by atoms with Gasteiger partial charge in [0, 0.05) is 16.2 Å². The van der Waals surface area contributed by atoms with Gasteiger partial charge in [0.15, 0.2) is 17.1 Å². The molecule has 6 N–H and O–H groups in total. The van der Waals surface area contributed by atoms with E-state index in [9.17, 15) is 55.3 Å². The number of nitroso groups, excluding NO2 is 3. The number of phenols is 3. The van der Waals surface area contributed by atoms with Crippen molar-refractivity contribution in [3.63, 3.8) is 0 Å². The summed E-state index contributed by atoms with van der Waals surface area (Å²) in [6, 6.07) is 21.1. The van der Waals surface area contributed by atoms with Crippen molar-refractivity contribution in [1.82, 2.24) is 0 Å². The molecule has 0 unspecified atom stereocenters. The number of nitrogens with zero attached hydrogens (tertiary/aromatic N) is 3. The van der Waals surface area contributed by atoms with Gasteiger partial charge in [-0.15, -0.1) is 14.7 Å². The van der Waals surface area contributed by atoms with E-state index in [0.717, 1.165) is 0 Å². The Morgan fingerprint density at radius 1 is 0.382 bits per heavy atom. The third-order valence-electron chi connectivity index (χ3n) is 6.68. The van der Waals surface area contributed by atoms with Crippen LogP contribution in [0.4, 0.5) is 17.1 Å². The number of rotatable bonds is 6. The van der Waals surface area contributed by atoms with Crippen LogP contribution in [0, 0.1) is 14.7 Å². The third kappa shape index (κ3) is 14.5. The second-order valence-corrected chi connectivity index (χ2v) is 12.2. The normalized spacial score (nSPS) is 9.44. The van der Waals surface area contributed by atoms with Gasteiger partial charge in [0.05, 0.1) is 0 Å². The van der Waals surface area contributed by atoms with Gasteiger partial charge in [-0.3, -0.25) is 0 Å². The molecule has 0 aromatic heterocycles. The largest absolute Gasteiger partial charge is 3.00 e. The predicted octanol–water partition coefficient (Wildman–Crippen LogP) is -1.69. The summed E-state index contributed by atoms with van der Waals surface area (Å²) in [5, 5.41) is 39.1. The first-order valence-electron chi connectivity index (χ1n) is 12.9. The Balaban J connectivity index is -0.000000333. The average Bonchev–Trinajstić information content (AvgIpc) is 3.08. The van der Waals surface area contributed by atoms with E-state index < -0.39 is 32.1 Å². The van der Waals surface area contributed by atoms with Gasteiger partial charge in [0.2, 0.25) is 0 Å². The van der Waals surface area contributed by atoms with E-state index >= 15 is 0 Å². The first-order valence-corrected chi connectivity index (χ1v) is 16.2. The number of hydrogen-bond donors (Lipinski definition) is 3. The van der Waals surface area contributed by atoms with Gasteiger partial charge < -0.3 is 57.0 Å². The van der Waals surface area contributed by atoms with E-state index in [1.807, 2.05) is 0 Å². The zero-order chi connectivity index (χ0) is 35.1. The summed E-state index contributed by atoms with van der Waals surface area (Å²) in [6.07, 6.45) is 0. The van der Waals surface area contributed by atoms with Crippen LogP contribution in [0.1, 0.15) is 0 Å². The molecule has 6 aromatic rings. The molecule has 0 saturated heterocycles. The molecule has 0 saturated carbocycles. The zero-order valence-electron chi connectivity index (χ0n) is 28.4. The maximum atomic E-state index is 10.7. The van der Waals surface area contributed by atoms with Gasteiger partial charge in [-0.05, 0) is 82.0 Å². The van der Waals surface area contributed by atoms with E-state index in [4.69, 9.17) is 0 Å². The minimum Gasteiger partial charge on any atom is -0.870 e. The summed E-state index contributed by atoms with van der Waals surface area (Å²) in [4.78, 5) is 31.9. The fourth-order valence-corrected chi connectivity index (χ4v) is 5.65. The number of aromatic hydroxyl groups is 3. The molecule has 18 nitrogen and oxygen atoms in total. The van der Waals surface area contributed by atoms with E-state index in [1.165, 1.54) is 91.0 Å². The van der Waals surface area contributed by atoms with Crippen molar-refractivity contribution in [3.05, 3.63) is 106 Å². The Morgan fingerprint density at radius 3 is 0.782 bits per heavy atom. The summed E-state index contributed by atoms with van der Waals surface area (Å²) in [5.41, 5.74) is -0.248. The Kier molecular flexibility index (Phi) is 29.3. The third-order valence-corrected chi connectivity index (χ3v) is 8.59.